The van der Waals surface area contributed by atoms with Crippen LogP contribution in [0, 0.1) is 0 Å². The Bertz CT molecular complexity index is 288. The molecular weight excluding hydrogens is 252 g/mol. The van der Waals surface area contributed by atoms with Crippen LogP contribution >= 0.6 is 11.8 Å². The molecule has 18 heavy (non-hydrogen) atoms. The molecule has 6 heteroatoms. The van der Waals surface area contributed by atoms with Gasteiger partial charge in [0.15, 0.2) is 0 Å². The molecule has 1 aliphatic carbocycles. The number of urea groups is 1. The van der Waals surface area contributed by atoms with E-state index in [0.717, 1.165) is 6.54 Å². The number of carbonyl (C=O) groups is 2. The first-order chi connectivity index (χ1) is 8.58. The average Bonchev–Trinajstić information content (AvgIpc) is 2.27. The lowest BCUT2D eigenvalue weighted by molar-refractivity contribution is -0.137. The molecule has 0 aromatic rings. The van der Waals surface area contributed by atoms with Gasteiger partial charge in [-0.2, -0.15) is 11.8 Å². The second-order valence-corrected chi connectivity index (χ2v) is 5.98. The first kappa shape index (κ1) is 15.1. The lowest BCUT2D eigenvalue weighted by Crippen LogP contribution is -2.48. The third-order valence-corrected chi connectivity index (χ3v) is 4.79. The van der Waals surface area contributed by atoms with Gasteiger partial charge in [0.05, 0.1) is 0 Å². The van der Waals surface area contributed by atoms with E-state index in [1.807, 2.05) is 11.8 Å². The van der Waals surface area contributed by atoms with Crippen LogP contribution in [-0.4, -0.2) is 41.2 Å². The fourth-order valence-corrected chi connectivity index (χ4v) is 2.84. The Morgan fingerprint density at radius 2 is 2.00 bits per heavy atom. The van der Waals surface area contributed by atoms with Crippen LogP contribution in [0.15, 0.2) is 0 Å². The van der Waals surface area contributed by atoms with Gasteiger partial charge in [-0.1, -0.05) is 6.42 Å². The van der Waals surface area contributed by atoms with Gasteiger partial charge in [0.25, 0.3) is 0 Å². The number of rotatable bonds is 8. The predicted molar refractivity (Wildman–Crippen MR) is 73.0 cm³/mol. The fraction of sp³-hybridized carbons (Fsp3) is 0.833. The van der Waals surface area contributed by atoms with E-state index >= 15 is 0 Å². The molecule has 0 aromatic heterocycles. The lowest BCUT2D eigenvalue weighted by Gasteiger charge is -2.40. The summed E-state index contributed by atoms with van der Waals surface area (Å²) in [5, 5.41) is 14.1. The molecule has 0 saturated heterocycles. The van der Waals surface area contributed by atoms with Crippen LogP contribution in [0.25, 0.3) is 0 Å². The maximum atomic E-state index is 11.5. The van der Waals surface area contributed by atoms with E-state index in [1.165, 1.54) is 19.3 Å². The first-order valence-electron chi connectivity index (χ1n) is 6.37. The zero-order valence-corrected chi connectivity index (χ0v) is 11.6. The third kappa shape index (κ3) is 5.16. The molecule has 1 fully saturated rings. The van der Waals surface area contributed by atoms with Crippen LogP contribution in [0.3, 0.4) is 0 Å². The molecule has 0 radical (unpaired) electrons. The zero-order chi connectivity index (χ0) is 13.4. The number of carbonyl (C=O) groups excluding carboxylic acids is 1. The van der Waals surface area contributed by atoms with Crippen molar-refractivity contribution >= 4 is 23.8 Å². The van der Waals surface area contributed by atoms with Gasteiger partial charge in [-0.05, 0) is 31.9 Å². The quantitative estimate of drug-likeness (QED) is 0.590. The SMILES string of the molecule is CSC1(CNC(=O)NCCCCC(=O)O)CCC1. The molecule has 1 aliphatic rings. The number of aliphatic carboxylic acids is 1. The molecule has 1 saturated carbocycles. The van der Waals surface area contributed by atoms with E-state index in [2.05, 4.69) is 16.9 Å². The number of carboxylic acids is 1. The Morgan fingerprint density at radius 1 is 1.28 bits per heavy atom. The second kappa shape index (κ2) is 7.51. The zero-order valence-electron chi connectivity index (χ0n) is 10.8. The molecule has 0 atom stereocenters. The summed E-state index contributed by atoms with van der Waals surface area (Å²) in [6, 6.07) is -0.148. The van der Waals surface area contributed by atoms with Gasteiger partial charge < -0.3 is 15.7 Å². The van der Waals surface area contributed by atoms with Gasteiger partial charge in [0, 0.05) is 24.3 Å². The summed E-state index contributed by atoms with van der Waals surface area (Å²) in [6.45, 7) is 1.25. The summed E-state index contributed by atoms with van der Waals surface area (Å²) in [5.41, 5.74) is 0. The first-order valence-corrected chi connectivity index (χ1v) is 7.59. The molecule has 0 aromatic carbocycles. The number of amides is 2. The maximum absolute atomic E-state index is 11.5. The van der Waals surface area contributed by atoms with Gasteiger partial charge in [0.2, 0.25) is 0 Å². The summed E-state index contributed by atoms with van der Waals surface area (Å²) in [4.78, 5) is 21.8. The van der Waals surface area contributed by atoms with Crippen molar-refractivity contribution < 1.29 is 14.7 Å². The van der Waals surface area contributed by atoms with Gasteiger partial charge in [-0.25, -0.2) is 4.79 Å². The van der Waals surface area contributed by atoms with E-state index < -0.39 is 5.97 Å². The van der Waals surface area contributed by atoms with Crippen molar-refractivity contribution in [2.24, 2.45) is 0 Å². The molecule has 0 unspecified atom stereocenters. The number of nitrogens with one attached hydrogen (secondary N) is 2. The smallest absolute Gasteiger partial charge is 0.314 e. The highest BCUT2D eigenvalue weighted by Gasteiger charge is 2.36. The van der Waals surface area contributed by atoms with Crippen molar-refractivity contribution in [3.05, 3.63) is 0 Å². The molecule has 104 valence electrons. The topological polar surface area (TPSA) is 78.4 Å². The van der Waals surface area contributed by atoms with Crippen molar-refractivity contribution in [3.63, 3.8) is 0 Å². The van der Waals surface area contributed by atoms with Crippen molar-refractivity contribution in [1.82, 2.24) is 10.6 Å². The van der Waals surface area contributed by atoms with Gasteiger partial charge >= 0.3 is 12.0 Å². The fourth-order valence-electron chi connectivity index (χ4n) is 1.93. The Morgan fingerprint density at radius 3 is 2.50 bits per heavy atom. The Kier molecular flexibility index (Phi) is 6.32. The van der Waals surface area contributed by atoms with E-state index in [0.29, 0.717) is 19.4 Å². The molecule has 1 rings (SSSR count). The number of hydrogen-bond donors (Lipinski definition) is 3. The highest BCUT2D eigenvalue weighted by atomic mass is 32.2. The van der Waals surface area contributed by atoms with Crippen LogP contribution in [-0.2, 0) is 4.79 Å². The number of hydrogen-bond acceptors (Lipinski definition) is 3. The van der Waals surface area contributed by atoms with Crippen LogP contribution < -0.4 is 10.6 Å². The number of unbranched alkanes of at least 4 members (excludes halogenated alkanes) is 1. The minimum Gasteiger partial charge on any atom is -0.481 e. The minimum absolute atomic E-state index is 0.148. The lowest BCUT2D eigenvalue weighted by atomic mass is 9.84. The Labute approximate surface area is 112 Å². The largest absolute Gasteiger partial charge is 0.481 e. The highest BCUT2D eigenvalue weighted by Crippen LogP contribution is 2.42. The number of carboxylic acid groups (broad SMARTS) is 1. The average molecular weight is 274 g/mol. The van der Waals surface area contributed by atoms with Crippen molar-refractivity contribution in [2.75, 3.05) is 19.3 Å². The third-order valence-electron chi connectivity index (χ3n) is 3.37. The van der Waals surface area contributed by atoms with Gasteiger partial charge in [-0.3, -0.25) is 4.79 Å². The summed E-state index contributed by atoms with van der Waals surface area (Å²) < 4.78 is 0.251. The van der Waals surface area contributed by atoms with E-state index in [4.69, 9.17) is 5.11 Å². The number of thioether (sulfide) groups is 1. The van der Waals surface area contributed by atoms with E-state index in [-0.39, 0.29) is 17.2 Å². The monoisotopic (exact) mass is 274 g/mol. The van der Waals surface area contributed by atoms with Crippen molar-refractivity contribution in [3.8, 4) is 0 Å². The highest BCUT2D eigenvalue weighted by molar-refractivity contribution is 8.00. The summed E-state index contributed by atoms with van der Waals surface area (Å²) >= 11 is 1.83. The molecule has 0 spiro atoms. The summed E-state index contributed by atoms with van der Waals surface area (Å²) in [6.07, 6.45) is 7.15. The molecular formula is C12H22N2O3S. The molecule has 0 aliphatic heterocycles. The van der Waals surface area contributed by atoms with Crippen LogP contribution in [0.5, 0.6) is 0 Å². The van der Waals surface area contributed by atoms with Crippen LogP contribution in [0.4, 0.5) is 4.79 Å². The summed E-state index contributed by atoms with van der Waals surface area (Å²) in [7, 11) is 0. The molecule has 5 nitrogen and oxygen atoms in total. The molecule has 0 bridgehead atoms. The van der Waals surface area contributed by atoms with Crippen LogP contribution in [0.2, 0.25) is 0 Å². The Balaban J connectivity index is 2.02. The van der Waals surface area contributed by atoms with Crippen molar-refractivity contribution in [2.45, 2.75) is 43.3 Å². The molecule has 0 heterocycles. The molecule has 2 amide bonds. The molecule has 3 N–H and O–H groups in total. The van der Waals surface area contributed by atoms with Crippen molar-refractivity contribution in [1.29, 1.82) is 0 Å². The maximum Gasteiger partial charge on any atom is 0.314 e. The normalized spacial score (nSPS) is 16.7. The second-order valence-electron chi connectivity index (χ2n) is 4.70. The Hall–Kier alpha value is -0.910. The van der Waals surface area contributed by atoms with Crippen LogP contribution in [0.1, 0.15) is 38.5 Å². The minimum atomic E-state index is -0.786. The van der Waals surface area contributed by atoms with Gasteiger partial charge in [-0.15, -0.1) is 0 Å². The standard InChI is InChI=1S/C12H22N2O3S/c1-18-12(6-4-7-12)9-14-11(17)13-8-3-2-5-10(15)16/h2-9H2,1H3,(H,15,16)(H2,13,14,17). The predicted octanol–water partition coefficient (Wildman–Crippen LogP) is 1.83. The van der Waals surface area contributed by atoms with Gasteiger partial charge in [0.1, 0.15) is 0 Å². The summed E-state index contributed by atoms with van der Waals surface area (Å²) in [5.74, 6) is -0.786. The van der Waals surface area contributed by atoms with E-state index in [1.54, 1.807) is 0 Å². The van der Waals surface area contributed by atoms with E-state index in [9.17, 15) is 9.59 Å².